The zero-order valence-electron chi connectivity index (χ0n) is 16.9. The fourth-order valence-corrected chi connectivity index (χ4v) is 4.11. The number of carbonyl (C=O) groups is 2. The Morgan fingerprint density at radius 3 is 2.57 bits per heavy atom. The average molecular weight is 405 g/mol. The van der Waals surface area contributed by atoms with Gasteiger partial charge in [0.2, 0.25) is 11.8 Å². The fourth-order valence-electron chi connectivity index (χ4n) is 3.30. The van der Waals surface area contributed by atoms with E-state index in [0.717, 1.165) is 48.7 Å². The maximum Gasteiger partial charge on any atom is 0.243 e. The third-order valence-electron chi connectivity index (χ3n) is 5.31. The Bertz CT molecular complexity index is 818. The maximum atomic E-state index is 12.5. The van der Waals surface area contributed by atoms with Crippen molar-refractivity contribution >= 4 is 34.0 Å². The number of thiazole rings is 1. The van der Waals surface area contributed by atoms with E-state index in [1.54, 1.807) is 10.9 Å². The monoisotopic (exact) mass is 404 g/mol. The molecule has 2 aromatic heterocycles. The SMILES string of the molecule is CCn1cc(NC(=O)C2CCN(C(C)C(=O)Nc3nc(C)c(C)s3)CC2)cn1. The summed E-state index contributed by atoms with van der Waals surface area (Å²) in [6, 6.07) is -0.253. The second-order valence-electron chi connectivity index (χ2n) is 7.21. The highest BCUT2D eigenvalue weighted by atomic mass is 32.1. The molecule has 1 fully saturated rings. The molecule has 0 bridgehead atoms. The van der Waals surface area contributed by atoms with Crippen molar-refractivity contribution < 1.29 is 9.59 Å². The molecule has 1 saturated heterocycles. The summed E-state index contributed by atoms with van der Waals surface area (Å²) < 4.78 is 1.78. The fraction of sp³-hybridized carbons (Fsp3) is 0.579. The molecule has 0 aliphatic carbocycles. The smallest absolute Gasteiger partial charge is 0.243 e. The number of hydrogen-bond donors (Lipinski definition) is 2. The zero-order valence-corrected chi connectivity index (χ0v) is 17.7. The molecular weight excluding hydrogens is 376 g/mol. The second-order valence-corrected chi connectivity index (χ2v) is 8.41. The number of piperidine rings is 1. The quantitative estimate of drug-likeness (QED) is 0.772. The molecule has 1 atom stereocenters. The summed E-state index contributed by atoms with van der Waals surface area (Å²) in [6.45, 7) is 10.1. The molecule has 8 nitrogen and oxygen atoms in total. The highest BCUT2D eigenvalue weighted by molar-refractivity contribution is 7.15. The van der Waals surface area contributed by atoms with Crippen LogP contribution in [0.4, 0.5) is 10.8 Å². The third kappa shape index (κ3) is 4.77. The van der Waals surface area contributed by atoms with Gasteiger partial charge in [-0.05, 0) is 53.6 Å². The normalized spacial score (nSPS) is 16.7. The van der Waals surface area contributed by atoms with Gasteiger partial charge in [0.05, 0.1) is 23.6 Å². The number of hydrogen-bond acceptors (Lipinski definition) is 6. The van der Waals surface area contributed by atoms with Crippen LogP contribution >= 0.6 is 11.3 Å². The molecule has 0 spiro atoms. The van der Waals surface area contributed by atoms with E-state index >= 15 is 0 Å². The molecule has 3 rings (SSSR count). The first kappa shape index (κ1) is 20.5. The number of aryl methyl sites for hydroxylation is 3. The van der Waals surface area contributed by atoms with Gasteiger partial charge in [-0.1, -0.05) is 0 Å². The van der Waals surface area contributed by atoms with Crippen molar-refractivity contribution in [2.24, 2.45) is 5.92 Å². The minimum Gasteiger partial charge on any atom is -0.323 e. The van der Waals surface area contributed by atoms with Crippen molar-refractivity contribution in [3.63, 3.8) is 0 Å². The van der Waals surface area contributed by atoms with Crippen molar-refractivity contribution in [2.75, 3.05) is 23.7 Å². The first-order chi connectivity index (χ1) is 13.4. The molecule has 0 aromatic carbocycles. The Kier molecular flexibility index (Phi) is 6.46. The summed E-state index contributed by atoms with van der Waals surface area (Å²) in [5.41, 5.74) is 1.68. The predicted octanol–water partition coefficient (Wildman–Crippen LogP) is 2.65. The van der Waals surface area contributed by atoms with Gasteiger partial charge in [0.15, 0.2) is 5.13 Å². The van der Waals surface area contributed by atoms with Gasteiger partial charge in [-0.2, -0.15) is 5.10 Å². The van der Waals surface area contributed by atoms with Crippen LogP contribution in [0, 0.1) is 19.8 Å². The Morgan fingerprint density at radius 2 is 2.00 bits per heavy atom. The molecule has 2 N–H and O–H groups in total. The number of aromatic nitrogens is 3. The Hall–Kier alpha value is -2.26. The Balaban J connectivity index is 1.48. The van der Waals surface area contributed by atoms with E-state index in [1.165, 1.54) is 11.3 Å². The molecule has 9 heteroatoms. The van der Waals surface area contributed by atoms with Gasteiger partial charge >= 0.3 is 0 Å². The summed E-state index contributed by atoms with van der Waals surface area (Å²) >= 11 is 1.49. The van der Waals surface area contributed by atoms with Crippen LogP contribution in [0.1, 0.15) is 37.3 Å². The number of nitrogens with one attached hydrogen (secondary N) is 2. The minimum absolute atomic E-state index is 0.0288. The molecule has 3 heterocycles. The Labute approximate surface area is 169 Å². The summed E-state index contributed by atoms with van der Waals surface area (Å²) in [5, 5.41) is 10.7. The number of anilines is 2. The van der Waals surface area contributed by atoms with Crippen molar-refractivity contribution in [1.82, 2.24) is 19.7 Å². The lowest BCUT2D eigenvalue weighted by molar-refractivity contribution is -0.123. The van der Waals surface area contributed by atoms with Crippen LogP contribution in [-0.4, -0.2) is 50.6 Å². The number of rotatable bonds is 6. The van der Waals surface area contributed by atoms with Gasteiger partial charge in [-0.15, -0.1) is 11.3 Å². The molecule has 2 aromatic rings. The van der Waals surface area contributed by atoms with E-state index in [-0.39, 0.29) is 23.8 Å². The lowest BCUT2D eigenvalue weighted by Crippen LogP contribution is -2.47. The molecule has 2 amide bonds. The van der Waals surface area contributed by atoms with Crippen molar-refractivity contribution in [3.05, 3.63) is 23.0 Å². The van der Waals surface area contributed by atoms with Crippen LogP contribution in [0.3, 0.4) is 0 Å². The summed E-state index contributed by atoms with van der Waals surface area (Å²) in [4.78, 5) is 32.6. The zero-order chi connectivity index (χ0) is 20.3. The van der Waals surface area contributed by atoms with Crippen molar-refractivity contribution in [2.45, 2.75) is 53.1 Å². The highest BCUT2D eigenvalue weighted by Crippen LogP contribution is 2.23. The topological polar surface area (TPSA) is 92.2 Å². The molecule has 1 aliphatic rings. The first-order valence-corrected chi connectivity index (χ1v) is 10.5. The van der Waals surface area contributed by atoms with Crippen LogP contribution in [-0.2, 0) is 16.1 Å². The van der Waals surface area contributed by atoms with E-state index < -0.39 is 0 Å². The van der Waals surface area contributed by atoms with Gasteiger partial charge in [-0.3, -0.25) is 19.2 Å². The largest absolute Gasteiger partial charge is 0.323 e. The van der Waals surface area contributed by atoms with Crippen LogP contribution in [0.2, 0.25) is 0 Å². The summed E-state index contributed by atoms with van der Waals surface area (Å²) in [5.74, 6) is -0.0643. The van der Waals surface area contributed by atoms with Crippen LogP contribution in [0.5, 0.6) is 0 Å². The van der Waals surface area contributed by atoms with Crippen LogP contribution in [0.15, 0.2) is 12.4 Å². The van der Waals surface area contributed by atoms with E-state index in [2.05, 4.69) is 25.6 Å². The second kappa shape index (κ2) is 8.83. The molecule has 1 aliphatic heterocycles. The van der Waals surface area contributed by atoms with E-state index in [0.29, 0.717) is 5.13 Å². The number of likely N-dealkylation sites (tertiary alicyclic amines) is 1. The van der Waals surface area contributed by atoms with E-state index in [1.807, 2.05) is 33.9 Å². The highest BCUT2D eigenvalue weighted by Gasteiger charge is 2.30. The number of amides is 2. The summed E-state index contributed by atoms with van der Waals surface area (Å²) in [6.07, 6.45) is 4.98. The first-order valence-electron chi connectivity index (χ1n) is 9.69. The Morgan fingerprint density at radius 1 is 1.29 bits per heavy atom. The van der Waals surface area contributed by atoms with Crippen molar-refractivity contribution in [1.29, 1.82) is 0 Å². The van der Waals surface area contributed by atoms with Crippen molar-refractivity contribution in [3.8, 4) is 0 Å². The van der Waals surface area contributed by atoms with E-state index in [4.69, 9.17) is 0 Å². The maximum absolute atomic E-state index is 12.5. The predicted molar refractivity (Wildman–Crippen MR) is 111 cm³/mol. The van der Waals surface area contributed by atoms with Gasteiger partial charge in [0.1, 0.15) is 0 Å². The van der Waals surface area contributed by atoms with Crippen LogP contribution in [0.25, 0.3) is 0 Å². The van der Waals surface area contributed by atoms with Gasteiger partial charge in [0, 0.05) is 23.5 Å². The molecule has 28 heavy (non-hydrogen) atoms. The molecular formula is C19H28N6O2S. The van der Waals surface area contributed by atoms with E-state index in [9.17, 15) is 9.59 Å². The average Bonchev–Trinajstić information content (AvgIpc) is 3.27. The minimum atomic E-state index is -0.253. The number of carbonyl (C=O) groups excluding carboxylic acids is 2. The number of nitrogens with zero attached hydrogens (tertiary/aromatic N) is 4. The van der Waals surface area contributed by atoms with Crippen LogP contribution < -0.4 is 10.6 Å². The molecule has 1 unspecified atom stereocenters. The summed E-state index contributed by atoms with van der Waals surface area (Å²) in [7, 11) is 0. The lowest BCUT2D eigenvalue weighted by atomic mass is 9.95. The van der Waals surface area contributed by atoms with Gasteiger partial charge in [-0.25, -0.2) is 4.98 Å². The van der Waals surface area contributed by atoms with Gasteiger partial charge in [0.25, 0.3) is 0 Å². The molecule has 0 radical (unpaired) electrons. The lowest BCUT2D eigenvalue weighted by Gasteiger charge is -2.34. The molecule has 152 valence electrons. The standard InChI is InChI=1S/C19H28N6O2S/c1-5-25-11-16(10-20-25)22-18(27)15-6-8-24(9-7-15)13(3)17(26)23-19-21-12(2)14(4)28-19/h10-11,13,15H,5-9H2,1-4H3,(H,22,27)(H,21,23,26). The third-order valence-corrected chi connectivity index (χ3v) is 6.30. The van der Waals surface area contributed by atoms with Gasteiger partial charge < -0.3 is 10.6 Å². The molecule has 0 saturated carbocycles.